The summed E-state index contributed by atoms with van der Waals surface area (Å²) in [5, 5.41) is 15.8. The molecule has 0 aromatic carbocycles. The van der Waals surface area contributed by atoms with Gasteiger partial charge in [-0.1, -0.05) is 5.16 Å². The minimum Gasteiger partial charge on any atom is -0.393 e. The molecule has 0 spiro atoms. The van der Waals surface area contributed by atoms with Crippen LogP contribution in [0, 0.1) is 0 Å². The molecular weight excluding hydrogens is 222 g/mol. The van der Waals surface area contributed by atoms with Crippen molar-refractivity contribution in [2.24, 2.45) is 0 Å². The van der Waals surface area contributed by atoms with E-state index < -0.39 is 0 Å². The predicted octanol–water partition coefficient (Wildman–Crippen LogP) is 0.214. The van der Waals surface area contributed by atoms with Crippen molar-refractivity contribution in [3.05, 3.63) is 12.3 Å². The molecule has 2 N–H and O–H groups in total. The first-order valence-corrected chi connectivity index (χ1v) is 5.79. The van der Waals surface area contributed by atoms with Gasteiger partial charge in [-0.05, 0) is 0 Å². The third-order valence-corrected chi connectivity index (χ3v) is 3.23. The fourth-order valence-corrected chi connectivity index (χ4v) is 2.14. The maximum Gasteiger partial charge on any atom is 0.280 e. The van der Waals surface area contributed by atoms with Crippen LogP contribution < -0.4 is 5.32 Å². The van der Waals surface area contributed by atoms with Gasteiger partial charge in [-0.25, -0.2) is 0 Å². The molecule has 0 radical (unpaired) electrons. The third-order valence-electron chi connectivity index (χ3n) is 3.23. The highest BCUT2D eigenvalue weighted by Crippen LogP contribution is 2.16. The first-order chi connectivity index (χ1) is 8.07. The SMILES string of the molecule is C[N+]1(CC(=O)Nc2ccon2)CCC(O)CC1. The Hall–Kier alpha value is -1.40. The lowest BCUT2D eigenvalue weighted by Gasteiger charge is -2.38. The second-order valence-electron chi connectivity index (χ2n) is 4.89. The van der Waals surface area contributed by atoms with E-state index in [-0.39, 0.29) is 12.0 Å². The summed E-state index contributed by atoms with van der Waals surface area (Å²) in [6.07, 6.45) is 2.73. The molecular formula is C11H18N3O3+. The summed E-state index contributed by atoms with van der Waals surface area (Å²) in [4.78, 5) is 11.8. The van der Waals surface area contributed by atoms with Crippen molar-refractivity contribution in [3.8, 4) is 0 Å². The van der Waals surface area contributed by atoms with Crippen LogP contribution in [0.3, 0.4) is 0 Å². The van der Waals surface area contributed by atoms with Crippen molar-refractivity contribution >= 4 is 11.7 Å². The highest BCUT2D eigenvalue weighted by Gasteiger charge is 2.31. The van der Waals surface area contributed by atoms with E-state index in [0.29, 0.717) is 16.8 Å². The summed E-state index contributed by atoms with van der Waals surface area (Å²) in [5.74, 6) is 0.372. The van der Waals surface area contributed by atoms with Crippen LogP contribution in [0.4, 0.5) is 5.82 Å². The van der Waals surface area contributed by atoms with Gasteiger partial charge in [-0.15, -0.1) is 0 Å². The van der Waals surface area contributed by atoms with Gasteiger partial charge in [0.25, 0.3) is 5.91 Å². The van der Waals surface area contributed by atoms with Gasteiger partial charge < -0.3 is 19.4 Å². The van der Waals surface area contributed by atoms with Crippen LogP contribution in [0.1, 0.15) is 12.8 Å². The number of nitrogens with one attached hydrogen (secondary N) is 1. The number of piperidine rings is 1. The number of aliphatic hydroxyl groups excluding tert-OH is 1. The van der Waals surface area contributed by atoms with Gasteiger partial charge in [0.15, 0.2) is 12.4 Å². The van der Waals surface area contributed by atoms with Crippen molar-refractivity contribution in [3.63, 3.8) is 0 Å². The monoisotopic (exact) mass is 240 g/mol. The number of aromatic nitrogens is 1. The molecule has 2 heterocycles. The van der Waals surface area contributed by atoms with Gasteiger partial charge in [-0.2, -0.15) is 0 Å². The maximum absolute atomic E-state index is 11.8. The Morgan fingerprint density at radius 3 is 2.94 bits per heavy atom. The van der Waals surface area contributed by atoms with Crippen LogP contribution in [0.2, 0.25) is 0 Å². The molecule has 1 saturated heterocycles. The zero-order valence-corrected chi connectivity index (χ0v) is 9.93. The molecule has 1 aromatic heterocycles. The van der Waals surface area contributed by atoms with Gasteiger partial charge in [-0.3, -0.25) is 4.79 Å². The molecule has 6 nitrogen and oxygen atoms in total. The topological polar surface area (TPSA) is 75.4 Å². The van der Waals surface area contributed by atoms with E-state index in [1.807, 2.05) is 7.05 Å². The van der Waals surface area contributed by atoms with Crippen molar-refractivity contribution < 1.29 is 18.9 Å². The molecule has 2 rings (SSSR count). The zero-order valence-electron chi connectivity index (χ0n) is 9.93. The smallest absolute Gasteiger partial charge is 0.280 e. The van der Waals surface area contributed by atoms with E-state index in [2.05, 4.69) is 15.0 Å². The lowest BCUT2D eigenvalue weighted by atomic mass is 10.1. The largest absolute Gasteiger partial charge is 0.393 e. The number of carbonyl (C=O) groups is 1. The Kier molecular flexibility index (Phi) is 3.44. The number of nitrogens with zero attached hydrogens (tertiary/aromatic N) is 2. The van der Waals surface area contributed by atoms with E-state index in [1.54, 1.807) is 6.07 Å². The summed E-state index contributed by atoms with van der Waals surface area (Å²) >= 11 is 0. The molecule has 1 aliphatic rings. The van der Waals surface area contributed by atoms with Crippen LogP contribution in [0.25, 0.3) is 0 Å². The van der Waals surface area contributed by atoms with Crippen LogP contribution in [0.5, 0.6) is 0 Å². The Balaban J connectivity index is 1.85. The Labute approximate surface area is 99.8 Å². The van der Waals surface area contributed by atoms with Crippen LogP contribution in [-0.2, 0) is 4.79 Å². The molecule has 0 unspecified atom stereocenters. The number of carbonyl (C=O) groups excluding carboxylic acids is 1. The minimum absolute atomic E-state index is 0.0715. The molecule has 0 atom stereocenters. The van der Waals surface area contributed by atoms with Gasteiger partial charge in [0.05, 0.1) is 26.2 Å². The molecule has 6 heteroatoms. The third kappa shape index (κ3) is 3.28. The molecule has 1 fully saturated rings. The molecule has 17 heavy (non-hydrogen) atoms. The quantitative estimate of drug-likeness (QED) is 0.741. The number of likely N-dealkylation sites (N-methyl/N-ethyl adjacent to an activating group) is 1. The Bertz CT molecular complexity index is 369. The molecule has 1 amide bonds. The number of aliphatic hydroxyl groups is 1. The average Bonchev–Trinajstić information content (AvgIpc) is 2.75. The lowest BCUT2D eigenvalue weighted by molar-refractivity contribution is -0.907. The summed E-state index contributed by atoms with van der Waals surface area (Å²) < 4.78 is 5.31. The Morgan fingerprint density at radius 1 is 1.65 bits per heavy atom. The highest BCUT2D eigenvalue weighted by atomic mass is 16.5. The molecule has 1 aliphatic heterocycles. The fourth-order valence-electron chi connectivity index (χ4n) is 2.14. The van der Waals surface area contributed by atoms with Gasteiger partial charge >= 0.3 is 0 Å². The Morgan fingerprint density at radius 2 is 2.35 bits per heavy atom. The van der Waals surface area contributed by atoms with E-state index in [4.69, 9.17) is 0 Å². The van der Waals surface area contributed by atoms with E-state index in [9.17, 15) is 9.90 Å². The van der Waals surface area contributed by atoms with Crippen LogP contribution >= 0.6 is 0 Å². The van der Waals surface area contributed by atoms with E-state index in [1.165, 1.54) is 6.26 Å². The summed E-state index contributed by atoms with van der Waals surface area (Å²) in [7, 11) is 2.04. The first kappa shape index (κ1) is 12.1. The zero-order chi connectivity index (χ0) is 12.3. The summed E-state index contributed by atoms with van der Waals surface area (Å²) in [6, 6.07) is 1.61. The van der Waals surface area contributed by atoms with E-state index in [0.717, 1.165) is 25.9 Å². The van der Waals surface area contributed by atoms with Gasteiger partial charge in [0.1, 0.15) is 6.26 Å². The average molecular weight is 240 g/mol. The molecule has 94 valence electrons. The highest BCUT2D eigenvalue weighted by molar-refractivity contribution is 5.90. The van der Waals surface area contributed by atoms with Crippen LogP contribution in [0.15, 0.2) is 16.9 Å². The molecule has 1 aromatic rings. The number of hydrogen-bond donors (Lipinski definition) is 2. The minimum atomic E-state index is -0.209. The molecule has 0 bridgehead atoms. The number of hydrogen-bond acceptors (Lipinski definition) is 4. The van der Waals surface area contributed by atoms with Crippen molar-refractivity contribution in [2.45, 2.75) is 18.9 Å². The van der Waals surface area contributed by atoms with Crippen molar-refractivity contribution in [1.82, 2.24) is 5.16 Å². The maximum atomic E-state index is 11.8. The number of amides is 1. The second-order valence-corrected chi connectivity index (χ2v) is 4.89. The fraction of sp³-hybridized carbons (Fsp3) is 0.636. The molecule has 0 saturated carbocycles. The van der Waals surface area contributed by atoms with Crippen LogP contribution in [-0.4, -0.2) is 53.4 Å². The number of anilines is 1. The van der Waals surface area contributed by atoms with Crippen molar-refractivity contribution in [1.29, 1.82) is 0 Å². The van der Waals surface area contributed by atoms with E-state index >= 15 is 0 Å². The lowest BCUT2D eigenvalue weighted by Crippen LogP contribution is -2.54. The molecule has 0 aliphatic carbocycles. The summed E-state index contributed by atoms with van der Waals surface area (Å²) in [5.41, 5.74) is 0. The van der Waals surface area contributed by atoms with Gasteiger partial charge in [0.2, 0.25) is 0 Å². The normalized spacial score (nSPS) is 28.9. The van der Waals surface area contributed by atoms with Gasteiger partial charge in [0, 0.05) is 18.9 Å². The van der Waals surface area contributed by atoms with Crippen molar-refractivity contribution in [2.75, 3.05) is 32.0 Å². The number of likely N-dealkylation sites (tertiary alicyclic amines) is 1. The summed E-state index contributed by atoms with van der Waals surface area (Å²) in [6.45, 7) is 2.06. The second kappa shape index (κ2) is 4.85. The number of rotatable bonds is 3. The standard InChI is InChI=1S/C11H17N3O3/c1-14(5-2-9(15)3-6-14)8-11(16)12-10-4-7-17-13-10/h4,7,9,15H,2-3,5-6,8H2,1H3/p+1. The number of quaternary nitrogens is 1. The first-order valence-electron chi connectivity index (χ1n) is 5.79. The predicted molar refractivity (Wildman–Crippen MR) is 61.2 cm³/mol.